The number of rotatable bonds is 3. The van der Waals surface area contributed by atoms with Gasteiger partial charge in [0.15, 0.2) is 4.96 Å². The fourth-order valence-corrected chi connectivity index (χ4v) is 3.80. The van der Waals surface area contributed by atoms with Crippen LogP contribution in [0.4, 0.5) is 0 Å². The van der Waals surface area contributed by atoms with E-state index in [1.165, 1.54) is 0 Å². The van der Waals surface area contributed by atoms with E-state index in [4.69, 9.17) is 0 Å². The van der Waals surface area contributed by atoms with Crippen LogP contribution in [0.25, 0.3) is 4.96 Å². The smallest absolute Gasteiger partial charge is 0.193 e. The van der Waals surface area contributed by atoms with Crippen LogP contribution in [0.15, 0.2) is 17.8 Å². The maximum atomic E-state index is 12.1. The minimum atomic E-state index is 0.186. The molecule has 0 saturated heterocycles. The third-order valence-electron chi connectivity index (χ3n) is 4.35. The predicted molar refractivity (Wildman–Crippen MR) is 77.4 cm³/mol. The molecule has 19 heavy (non-hydrogen) atoms. The molecule has 0 radical (unpaired) electrons. The largest absolute Gasteiger partial charge is 0.299 e. The zero-order chi connectivity index (χ0) is 13.4. The minimum absolute atomic E-state index is 0.186. The van der Waals surface area contributed by atoms with Gasteiger partial charge >= 0.3 is 0 Å². The van der Waals surface area contributed by atoms with Gasteiger partial charge in [-0.25, -0.2) is 4.98 Å². The van der Waals surface area contributed by atoms with Crippen LogP contribution in [0.3, 0.4) is 0 Å². The van der Waals surface area contributed by atoms with Crippen molar-refractivity contribution in [2.75, 3.05) is 0 Å². The number of Topliss-reactive ketones (excluding diaryl/α,β-unsaturated/α-hetero) is 1. The molecule has 2 atom stereocenters. The van der Waals surface area contributed by atoms with Crippen molar-refractivity contribution in [1.82, 2.24) is 9.38 Å². The number of fused-ring (bicyclic) bond motifs is 1. The summed E-state index contributed by atoms with van der Waals surface area (Å²) in [5, 5.41) is 2.03. The molecule has 0 amide bonds. The summed E-state index contributed by atoms with van der Waals surface area (Å²) in [4.78, 5) is 17.7. The molecule has 0 bridgehead atoms. The summed E-state index contributed by atoms with van der Waals surface area (Å²) in [6.45, 7) is 4.54. The van der Waals surface area contributed by atoms with Crippen molar-refractivity contribution in [3.63, 3.8) is 0 Å². The first-order chi connectivity index (χ1) is 9.13. The van der Waals surface area contributed by atoms with Crippen LogP contribution in [0, 0.1) is 17.8 Å². The van der Waals surface area contributed by atoms with Gasteiger partial charge in [-0.3, -0.25) is 9.20 Å². The Labute approximate surface area is 117 Å². The average Bonchev–Trinajstić information content (AvgIpc) is 2.92. The molecule has 3 nitrogen and oxygen atoms in total. The van der Waals surface area contributed by atoms with E-state index in [2.05, 4.69) is 25.0 Å². The predicted octanol–water partition coefficient (Wildman–Crippen LogP) is 3.58. The third-order valence-corrected chi connectivity index (χ3v) is 5.12. The topological polar surface area (TPSA) is 34.4 Å². The highest BCUT2D eigenvalue weighted by atomic mass is 32.1. The molecule has 102 valence electrons. The van der Waals surface area contributed by atoms with Crippen molar-refractivity contribution in [1.29, 1.82) is 0 Å². The lowest BCUT2D eigenvalue weighted by Crippen LogP contribution is -2.29. The molecular weight excluding hydrogens is 256 g/mol. The number of imidazole rings is 1. The Hall–Kier alpha value is -1.16. The Morgan fingerprint density at radius 2 is 2.37 bits per heavy atom. The Morgan fingerprint density at radius 3 is 3.11 bits per heavy atom. The fraction of sp³-hybridized carbons (Fsp3) is 0.600. The number of hydrogen-bond acceptors (Lipinski definition) is 3. The quantitative estimate of drug-likeness (QED) is 0.858. The van der Waals surface area contributed by atoms with E-state index in [0.29, 0.717) is 17.6 Å². The van der Waals surface area contributed by atoms with E-state index in [-0.39, 0.29) is 5.92 Å². The van der Waals surface area contributed by atoms with Crippen LogP contribution in [-0.4, -0.2) is 15.2 Å². The summed E-state index contributed by atoms with van der Waals surface area (Å²) < 4.78 is 2.05. The molecule has 2 aromatic rings. The molecule has 0 spiro atoms. The molecule has 0 N–H and O–H groups in total. The second-order valence-corrected chi connectivity index (χ2v) is 6.84. The van der Waals surface area contributed by atoms with Crippen LogP contribution in [0.5, 0.6) is 0 Å². The second kappa shape index (κ2) is 5.08. The molecule has 0 aromatic carbocycles. The zero-order valence-corrected chi connectivity index (χ0v) is 12.3. The van der Waals surface area contributed by atoms with Crippen molar-refractivity contribution in [2.24, 2.45) is 17.8 Å². The van der Waals surface area contributed by atoms with Crippen molar-refractivity contribution < 1.29 is 4.79 Å². The lowest BCUT2D eigenvalue weighted by molar-refractivity contribution is -0.125. The van der Waals surface area contributed by atoms with Gasteiger partial charge in [-0.05, 0) is 24.7 Å². The van der Waals surface area contributed by atoms with Gasteiger partial charge in [0.2, 0.25) is 0 Å². The summed E-state index contributed by atoms with van der Waals surface area (Å²) in [6, 6.07) is 0. The molecule has 0 aliphatic heterocycles. The monoisotopic (exact) mass is 276 g/mol. The molecule has 2 heterocycles. The molecule has 3 rings (SSSR count). The van der Waals surface area contributed by atoms with Gasteiger partial charge in [0, 0.05) is 36.5 Å². The van der Waals surface area contributed by atoms with Gasteiger partial charge in [0.1, 0.15) is 5.78 Å². The van der Waals surface area contributed by atoms with Crippen LogP contribution >= 0.6 is 11.3 Å². The molecular formula is C15H20N2OS. The number of carbonyl (C=O) groups excluding carboxylic acids is 1. The summed E-state index contributed by atoms with van der Waals surface area (Å²) >= 11 is 1.64. The Kier molecular flexibility index (Phi) is 3.44. The van der Waals surface area contributed by atoms with Crippen molar-refractivity contribution in [3.8, 4) is 0 Å². The summed E-state index contributed by atoms with van der Waals surface area (Å²) in [7, 11) is 0. The Balaban J connectivity index is 1.73. The molecule has 2 unspecified atom stereocenters. The van der Waals surface area contributed by atoms with Crippen LogP contribution in [-0.2, 0) is 11.2 Å². The Morgan fingerprint density at radius 1 is 1.53 bits per heavy atom. The number of ketones is 1. The zero-order valence-electron chi connectivity index (χ0n) is 11.5. The first-order valence-electron chi connectivity index (χ1n) is 7.07. The lowest BCUT2D eigenvalue weighted by Gasteiger charge is -2.30. The number of nitrogens with zero attached hydrogens (tertiary/aromatic N) is 2. The number of carbonyl (C=O) groups is 1. The van der Waals surface area contributed by atoms with Gasteiger partial charge in [-0.15, -0.1) is 11.3 Å². The van der Waals surface area contributed by atoms with Gasteiger partial charge in [-0.1, -0.05) is 13.8 Å². The van der Waals surface area contributed by atoms with E-state index >= 15 is 0 Å². The first kappa shape index (κ1) is 12.9. The van der Waals surface area contributed by atoms with E-state index in [0.717, 1.165) is 36.3 Å². The average molecular weight is 276 g/mol. The molecule has 1 fully saturated rings. The highest BCUT2D eigenvalue weighted by Gasteiger charge is 2.30. The van der Waals surface area contributed by atoms with Gasteiger partial charge in [0.05, 0.1) is 5.69 Å². The third kappa shape index (κ3) is 2.59. The van der Waals surface area contributed by atoms with Crippen molar-refractivity contribution >= 4 is 22.1 Å². The molecule has 2 aromatic heterocycles. The van der Waals surface area contributed by atoms with Crippen LogP contribution < -0.4 is 0 Å². The van der Waals surface area contributed by atoms with E-state index < -0.39 is 0 Å². The normalized spacial score (nSPS) is 24.5. The Bertz CT molecular complexity index is 555. The lowest BCUT2D eigenvalue weighted by atomic mass is 9.74. The van der Waals surface area contributed by atoms with Gasteiger partial charge in [-0.2, -0.15) is 0 Å². The number of hydrogen-bond donors (Lipinski definition) is 0. The highest BCUT2D eigenvalue weighted by Crippen LogP contribution is 2.33. The van der Waals surface area contributed by atoms with Crippen molar-refractivity contribution in [2.45, 2.75) is 39.5 Å². The van der Waals surface area contributed by atoms with Crippen molar-refractivity contribution in [3.05, 3.63) is 23.5 Å². The molecule has 1 saturated carbocycles. The highest BCUT2D eigenvalue weighted by molar-refractivity contribution is 7.15. The minimum Gasteiger partial charge on any atom is -0.299 e. The molecule has 1 aliphatic carbocycles. The maximum Gasteiger partial charge on any atom is 0.193 e. The fourth-order valence-electron chi connectivity index (χ4n) is 3.08. The second-order valence-electron chi connectivity index (χ2n) is 5.97. The summed E-state index contributed by atoms with van der Waals surface area (Å²) in [5.41, 5.74) is 1.06. The van der Waals surface area contributed by atoms with Gasteiger partial charge < -0.3 is 0 Å². The van der Waals surface area contributed by atoms with E-state index in [9.17, 15) is 4.79 Å². The van der Waals surface area contributed by atoms with Gasteiger partial charge in [0.25, 0.3) is 0 Å². The van der Waals surface area contributed by atoms with E-state index in [1.807, 2.05) is 16.0 Å². The number of aromatic nitrogens is 2. The summed E-state index contributed by atoms with van der Waals surface area (Å²) in [6.07, 6.45) is 7.79. The molecule has 4 heteroatoms. The first-order valence-corrected chi connectivity index (χ1v) is 7.95. The summed E-state index contributed by atoms with van der Waals surface area (Å²) in [5.74, 6) is 2.01. The van der Waals surface area contributed by atoms with Crippen LogP contribution in [0.1, 0.15) is 38.8 Å². The number of thiazole rings is 1. The maximum absolute atomic E-state index is 12.1. The standard InChI is InChI=1S/C15H20N2OS/c1-10(2)11-3-4-14(18)12(7-11)8-13-9-17-5-6-19-15(17)16-13/h5-6,9-12H,3-4,7-8H2,1-2H3. The molecule has 1 aliphatic rings. The van der Waals surface area contributed by atoms with E-state index in [1.54, 1.807) is 11.3 Å². The van der Waals surface area contributed by atoms with Crippen LogP contribution in [0.2, 0.25) is 0 Å². The SMILES string of the molecule is CC(C)C1CCC(=O)C(Cc2cn3ccsc3n2)C1.